The number of hydrogen-bond acceptors (Lipinski definition) is 4. The van der Waals surface area contributed by atoms with Gasteiger partial charge in [-0.25, -0.2) is 0 Å². The summed E-state index contributed by atoms with van der Waals surface area (Å²) in [4.78, 5) is 0. The first-order chi connectivity index (χ1) is 5.79. The molecule has 0 bridgehead atoms. The fourth-order valence-electron chi connectivity index (χ4n) is 2.16. The quantitative estimate of drug-likeness (QED) is 0.386. The number of aliphatic hydroxyl groups is 2. The highest BCUT2D eigenvalue weighted by molar-refractivity contribution is 4.99. The van der Waals surface area contributed by atoms with E-state index in [1.54, 1.807) is 0 Å². The zero-order valence-electron chi connectivity index (χ0n) is 7.03. The van der Waals surface area contributed by atoms with Gasteiger partial charge in [-0.2, -0.15) is 0 Å². The third kappa shape index (κ3) is 1.35. The maximum Gasteiger partial charge on any atom is 0.0721 e. The molecule has 2 aliphatic rings. The van der Waals surface area contributed by atoms with Crippen molar-refractivity contribution in [1.29, 1.82) is 0 Å². The summed E-state index contributed by atoms with van der Waals surface area (Å²) < 4.78 is 0. The van der Waals surface area contributed by atoms with Crippen molar-refractivity contribution in [3.8, 4) is 0 Å². The van der Waals surface area contributed by atoms with Gasteiger partial charge in [-0.1, -0.05) is 0 Å². The van der Waals surface area contributed by atoms with Crippen LogP contribution in [0.25, 0.3) is 0 Å². The van der Waals surface area contributed by atoms with Crippen molar-refractivity contribution in [3.05, 3.63) is 0 Å². The highest BCUT2D eigenvalue weighted by Gasteiger charge is 2.38. The molecule has 12 heavy (non-hydrogen) atoms. The van der Waals surface area contributed by atoms with Gasteiger partial charge in [0.15, 0.2) is 0 Å². The third-order valence-electron chi connectivity index (χ3n) is 2.86. The van der Waals surface area contributed by atoms with Crippen molar-refractivity contribution < 1.29 is 10.2 Å². The van der Waals surface area contributed by atoms with Crippen molar-refractivity contribution in [2.24, 2.45) is 0 Å². The van der Waals surface area contributed by atoms with Gasteiger partial charge in [-0.05, 0) is 25.9 Å². The van der Waals surface area contributed by atoms with Crippen LogP contribution < -0.4 is 10.6 Å². The molecule has 4 atom stereocenters. The van der Waals surface area contributed by atoms with Gasteiger partial charge in [0.2, 0.25) is 0 Å². The Hall–Kier alpha value is -0.160. The molecule has 2 fully saturated rings. The van der Waals surface area contributed by atoms with Gasteiger partial charge in [-0.3, -0.25) is 0 Å². The van der Waals surface area contributed by atoms with Gasteiger partial charge >= 0.3 is 0 Å². The van der Waals surface area contributed by atoms with Crippen LogP contribution in [0.1, 0.15) is 12.8 Å². The standard InChI is InChI=1S/C8H16N2O2/c11-5-1-3-9-7(5)8-6(12)2-4-10-8/h5-12H,1-4H2/t5-,6-,7-,8-/m1/s1. The van der Waals surface area contributed by atoms with Gasteiger partial charge in [0.25, 0.3) is 0 Å². The van der Waals surface area contributed by atoms with Crippen molar-refractivity contribution in [2.45, 2.75) is 37.1 Å². The lowest BCUT2D eigenvalue weighted by Crippen LogP contribution is -2.51. The van der Waals surface area contributed by atoms with E-state index in [0.29, 0.717) is 0 Å². The molecule has 0 saturated carbocycles. The van der Waals surface area contributed by atoms with Gasteiger partial charge in [0.05, 0.1) is 24.3 Å². The third-order valence-corrected chi connectivity index (χ3v) is 2.86. The smallest absolute Gasteiger partial charge is 0.0721 e. The van der Waals surface area contributed by atoms with Crippen molar-refractivity contribution in [3.63, 3.8) is 0 Å². The lowest BCUT2D eigenvalue weighted by molar-refractivity contribution is 0.0913. The molecule has 2 rings (SSSR count). The molecular formula is C8H16N2O2. The van der Waals surface area contributed by atoms with Crippen molar-refractivity contribution in [2.75, 3.05) is 13.1 Å². The summed E-state index contributed by atoms with van der Waals surface area (Å²) in [6.45, 7) is 1.72. The summed E-state index contributed by atoms with van der Waals surface area (Å²) in [6.07, 6.45) is 1.01. The first-order valence-corrected chi connectivity index (χ1v) is 4.62. The Balaban J connectivity index is 1.98. The Morgan fingerprint density at radius 2 is 1.25 bits per heavy atom. The minimum absolute atomic E-state index is 0.0440. The van der Waals surface area contributed by atoms with E-state index in [1.165, 1.54) is 0 Å². The van der Waals surface area contributed by atoms with Crippen molar-refractivity contribution in [1.82, 2.24) is 10.6 Å². The second-order valence-corrected chi connectivity index (χ2v) is 3.67. The largest absolute Gasteiger partial charge is 0.391 e. The minimum Gasteiger partial charge on any atom is -0.391 e. The molecule has 0 spiro atoms. The van der Waals surface area contributed by atoms with Crippen LogP contribution in [0, 0.1) is 0 Å². The van der Waals surface area contributed by atoms with Crippen LogP contribution in [0.4, 0.5) is 0 Å². The summed E-state index contributed by atoms with van der Waals surface area (Å²) in [5.74, 6) is 0. The summed E-state index contributed by atoms with van der Waals surface area (Å²) >= 11 is 0. The van der Waals surface area contributed by atoms with Crippen molar-refractivity contribution >= 4 is 0 Å². The van der Waals surface area contributed by atoms with E-state index in [1.807, 2.05) is 0 Å². The molecule has 70 valence electrons. The molecular weight excluding hydrogens is 156 g/mol. The van der Waals surface area contributed by atoms with E-state index in [0.717, 1.165) is 25.9 Å². The predicted octanol–water partition coefficient (Wildman–Crippen LogP) is -1.57. The lowest BCUT2D eigenvalue weighted by atomic mass is 10.0. The molecule has 4 nitrogen and oxygen atoms in total. The zero-order valence-corrected chi connectivity index (χ0v) is 7.03. The van der Waals surface area contributed by atoms with Gasteiger partial charge in [0, 0.05) is 0 Å². The van der Waals surface area contributed by atoms with E-state index >= 15 is 0 Å². The Bertz CT molecular complexity index is 147. The molecule has 0 aromatic carbocycles. The fraction of sp³-hybridized carbons (Fsp3) is 1.00. The average molecular weight is 172 g/mol. The maximum absolute atomic E-state index is 9.55. The summed E-state index contributed by atoms with van der Waals surface area (Å²) in [7, 11) is 0. The summed E-state index contributed by atoms with van der Waals surface area (Å²) in [5, 5.41) is 25.5. The maximum atomic E-state index is 9.55. The van der Waals surface area contributed by atoms with Crippen LogP contribution in [-0.4, -0.2) is 47.6 Å². The SMILES string of the molecule is O[C@@H]1CCN[C@H]1[C@@H]1NCC[C@H]1O. The van der Waals surface area contributed by atoms with E-state index in [4.69, 9.17) is 0 Å². The monoisotopic (exact) mass is 172 g/mol. The number of hydrogen-bond donors (Lipinski definition) is 4. The molecule has 0 amide bonds. The number of nitrogens with one attached hydrogen (secondary N) is 2. The average Bonchev–Trinajstić information content (AvgIpc) is 2.59. The molecule has 0 aromatic rings. The Morgan fingerprint density at radius 1 is 0.833 bits per heavy atom. The topological polar surface area (TPSA) is 64.5 Å². The van der Waals surface area contributed by atoms with Crippen LogP contribution in [0.15, 0.2) is 0 Å². The van der Waals surface area contributed by atoms with E-state index in [-0.39, 0.29) is 24.3 Å². The first-order valence-electron chi connectivity index (χ1n) is 4.62. The lowest BCUT2D eigenvalue weighted by Gasteiger charge is -2.24. The molecule has 2 saturated heterocycles. The molecule has 4 heteroatoms. The molecule has 4 N–H and O–H groups in total. The minimum atomic E-state index is -0.296. The fourth-order valence-corrected chi connectivity index (χ4v) is 2.16. The Kier molecular flexibility index (Phi) is 2.32. The van der Waals surface area contributed by atoms with Crippen LogP contribution in [0.3, 0.4) is 0 Å². The zero-order chi connectivity index (χ0) is 8.55. The Morgan fingerprint density at radius 3 is 1.50 bits per heavy atom. The second kappa shape index (κ2) is 3.30. The van der Waals surface area contributed by atoms with Crippen LogP contribution in [0.5, 0.6) is 0 Å². The first kappa shape index (κ1) is 8.44. The normalized spacial score (nSPS) is 48.5. The van der Waals surface area contributed by atoms with Gasteiger partial charge < -0.3 is 20.8 Å². The summed E-state index contributed by atoms with van der Waals surface area (Å²) in [5.41, 5.74) is 0. The second-order valence-electron chi connectivity index (χ2n) is 3.67. The van der Waals surface area contributed by atoms with E-state index < -0.39 is 0 Å². The molecule has 0 unspecified atom stereocenters. The van der Waals surface area contributed by atoms with Crippen LogP contribution in [-0.2, 0) is 0 Å². The molecule has 0 radical (unpaired) electrons. The molecule has 2 heterocycles. The predicted molar refractivity (Wildman–Crippen MR) is 44.8 cm³/mol. The molecule has 0 aliphatic carbocycles. The summed E-state index contributed by atoms with van der Waals surface area (Å²) in [6, 6.07) is 0.0880. The van der Waals surface area contributed by atoms with Crippen LogP contribution >= 0.6 is 0 Å². The highest BCUT2D eigenvalue weighted by atomic mass is 16.3. The van der Waals surface area contributed by atoms with E-state index in [2.05, 4.69) is 10.6 Å². The number of aliphatic hydroxyl groups excluding tert-OH is 2. The van der Waals surface area contributed by atoms with Crippen LogP contribution in [0.2, 0.25) is 0 Å². The molecule has 0 aromatic heterocycles. The molecule has 2 aliphatic heterocycles. The highest BCUT2D eigenvalue weighted by Crippen LogP contribution is 2.17. The van der Waals surface area contributed by atoms with Gasteiger partial charge in [0.1, 0.15) is 0 Å². The Labute approximate surface area is 72.0 Å². The number of rotatable bonds is 1. The van der Waals surface area contributed by atoms with E-state index in [9.17, 15) is 10.2 Å². The van der Waals surface area contributed by atoms with Gasteiger partial charge in [-0.15, -0.1) is 0 Å².